The van der Waals surface area contributed by atoms with E-state index in [1.807, 2.05) is 0 Å². The maximum atomic E-state index is 2.86. The molecule has 0 N–H and O–H groups in total. The molecule has 0 aromatic heterocycles. The van der Waals surface area contributed by atoms with E-state index < -0.39 is 0 Å². The summed E-state index contributed by atoms with van der Waals surface area (Å²) in [6.45, 7) is 15.8. The van der Waals surface area contributed by atoms with Gasteiger partial charge in [-0.1, -0.05) is 44.6 Å². The molecular formula is C26H48N4. The van der Waals surface area contributed by atoms with Crippen molar-refractivity contribution in [3.05, 3.63) is 23.8 Å². The third-order valence-corrected chi connectivity index (χ3v) is 8.35. The highest BCUT2D eigenvalue weighted by Gasteiger charge is 2.45. The van der Waals surface area contributed by atoms with Gasteiger partial charge in [0.2, 0.25) is 0 Å². The average Bonchev–Trinajstić information content (AvgIpc) is 3.10. The van der Waals surface area contributed by atoms with Crippen molar-refractivity contribution in [3.8, 4) is 0 Å². The summed E-state index contributed by atoms with van der Waals surface area (Å²) < 4.78 is 0. The molecule has 1 aliphatic carbocycles. The Morgan fingerprint density at radius 3 is 2.43 bits per heavy atom. The van der Waals surface area contributed by atoms with Crippen molar-refractivity contribution in [3.63, 3.8) is 0 Å². The molecule has 4 heteroatoms. The van der Waals surface area contributed by atoms with Crippen molar-refractivity contribution in [2.75, 3.05) is 20.6 Å². The molecule has 2 heterocycles. The quantitative estimate of drug-likeness (QED) is 0.529. The molecule has 172 valence electrons. The zero-order chi connectivity index (χ0) is 22.0. The number of hydrazine groups is 1. The van der Waals surface area contributed by atoms with Gasteiger partial charge >= 0.3 is 0 Å². The number of hydrogen-bond acceptors (Lipinski definition) is 4. The van der Waals surface area contributed by atoms with Gasteiger partial charge in [-0.2, -0.15) is 0 Å². The Kier molecular flexibility index (Phi) is 8.22. The van der Waals surface area contributed by atoms with Crippen LogP contribution in [0.15, 0.2) is 23.8 Å². The number of rotatable bonds is 8. The molecule has 2 aliphatic heterocycles. The lowest BCUT2D eigenvalue weighted by atomic mass is 9.98. The second-order valence-corrected chi connectivity index (χ2v) is 10.7. The van der Waals surface area contributed by atoms with Gasteiger partial charge in [-0.05, 0) is 77.7 Å². The van der Waals surface area contributed by atoms with Crippen LogP contribution in [0.5, 0.6) is 0 Å². The first-order chi connectivity index (χ1) is 14.2. The Labute approximate surface area is 186 Å². The monoisotopic (exact) mass is 416 g/mol. The maximum Gasteiger partial charge on any atom is 0.0795 e. The predicted molar refractivity (Wildman–Crippen MR) is 129 cm³/mol. The van der Waals surface area contributed by atoms with Crippen LogP contribution < -0.4 is 0 Å². The van der Waals surface area contributed by atoms with Crippen LogP contribution in [0.2, 0.25) is 0 Å². The smallest absolute Gasteiger partial charge is 0.0795 e. The minimum Gasteiger partial charge on any atom is -0.297 e. The van der Waals surface area contributed by atoms with Crippen LogP contribution in [0.4, 0.5) is 0 Å². The second-order valence-electron chi connectivity index (χ2n) is 10.7. The third-order valence-electron chi connectivity index (χ3n) is 8.35. The van der Waals surface area contributed by atoms with Crippen molar-refractivity contribution >= 4 is 0 Å². The van der Waals surface area contributed by atoms with Gasteiger partial charge in [0.05, 0.1) is 12.3 Å². The van der Waals surface area contributed by atoms with Crippen molar-refractivity contribution in [1.82, 2.24) is 19.8 Å². The highest BCUT2D eigenvalue weighted by molar-refractivity contribution is 5.17. The maximum absolute atomic E-state index is 2.86. The summed E-state index contributed by atoms with van der Waals surface area (Å²) in [5, 5.41) is 4.88. The molecule has 2 fully saturated rings. The van der Waals surface area contributed by atoms with Crippen molar-refractivity contribution in [2.45, 2.75) is 111 Å². The van der Waals surface area contributed by atoms with Gasteiger partial charge in [-0.3, -0.25) is 9.80 Å². The summed E-state index contributed by atoms with van der Waals surface area (Å²) in [4.78, 5) is 5.63. The lowest BCUT2D eigenvalue weighted by molar-refractivity contribution is 0.0115. The van der Waals surface area contributed by atoms with E-state index >= 15 is 0 Å². The predicted octanol–water partition coefficient (Wildman–Crippen LogP) is 5.34. The molecule has 0 aromatic rings. The zero-order valence-corrected chi connectivity index (χ0v) is 21.0. The van der Waals surface area contributed by atoms with Crippen LogP contribution in [0.3, 0.4) is 0 Å². The Bertz CT molecular complexity index is 612. The molecule has 0 amide bonds. The molecule has 30 heavy (non-hydrogen) atoms. The van der Waals surface area contributed by atoms with Gasteiger partial charge in [-0.25, -0.2) is 10.0 Å². The van der Waals surface area contributed by atoms with Crippen molar-refractivity contribution in [2.24, 2.45) is 11.8 Å². The lowest BCUT2D eigenvalue weighted by Crippen LogP contribution is -2.49. The van der Waals surface area contributed by atoms with E-state index in [4.69, 9.17) is 0 Å². The standard InChI is InChI=1S/C26H48N4/c1-19(2)26-28(8)27(7)23(6)30(26)21(4)18-25-17-20(3)22(5)29(25)16-12-15-24-13-10-9-11-14-24/h9-10,13,19-23,25-26H,11-12,14-18H2,1-8H3. The molecule has 0 spiro atoms. The fourth-order valence-electron chi connectivity index (χ4n) is 6.37. The van der Waals surface area contributed by atoms with E-state index in [1.165, 1.54) is 45.1 Å². The largest absolute Gasteiger partial charge is 0.297 e. The normalized spacial score (nSPS) is 35.5. The minimum atomic E-state index is 0.466. The van der Waals surface area contributed by atoms with Crippen LogP contribution in [-0.4, -0.2) is 70.9 Å². The zero-order valence-electron chi connectivity index (χ0n) is 21.0. The van der Waals surface area contributed by atoms with Gasteiger partial charge in [-0.15, -0.1) is 0 Å². The van der Waals surface area contributed by atoms with Crippen LogP contribution in [0.1, 0.15) is 80.1 Å². The van der Waals surface area contributed by atoms with Crippen molar-refractivity contribution in [1.29, 1.82) is 0 Å². The van der Waals surface area contributed by atoms with Gasteiger partial charge in [0, 0.05) is 32.2 Å². The lowest BCUT2D eigenvalue weighted by Gasteiger charge is -2.38. The molecule has 3 aliphatic rings. The van der Waals surface area contributed by atoms with Crippen molar-refractivity contribution < 1.29 is 0 Å². The Balaban J connectivity index is 1.62. The highest BCUT2D eigenvalue weighted by atomic mass is 15.8. The number of likely N-dealkylation sites (tertiary alicyclic amines) is 1. The topological polar surface area (TPSA) is 13.0 Å². The first-order valence-electron chi connectivity index (χ1n) is 12.6. The average molecular weight is 417 g/mol. The van der Waals surface area contributed by atoms with E-state index in [9.17, 15) is 0 Å². The minimum absolute atomic E-state index is 0.466. The van der Waals surface area contributed by atoms with Gasteiger partial charge < -0.3 is 0 Å². The fourth-order valence-corrected chi connectivity index (χ4v) is 6.37. The van der Waals surface area contributed by atoms with E-state index in [0.29, 0.717) is 30.3 Å². The SMILES string of the molecule is CC(C)C1N(C(C)CC2CC(C)C(C)N2CCCC2=CC=CCC2)C(C)N(C)N1C. The number of nitrogens with zero attached hydrogens (tertiary/aromatic N) is 4. The fraction of sp³-hybridized carbons (Fsp3) is 0.846. The Morgan fingerprint density at radius 2 is 1.80 bits per heavy atom. The van der Waals surface area contributed by atoms with E-state index in [1.54, 1.807) is 5.57 Å². The summed E-state index contributed by atoms with van der Waals surface area (Å²) in [5.74, 6) is 1.43. The van der Waals surface area contributed by atoms with Gasteiger partial charge in [0.25, 0.3) is 0 Å². The summed E-state index contributed by atoms with van der Waals surface area (Å²) in [5.41, 5.74) is 1.65. The molecule has 2 saturated heterocycles. The molecule has 0 aromatic carbocycles. The van der Waals surface area contributed by atoms with Crippen LogP contribution in [-0.2, 0) is 0 Å². The van der Waals surface area contributed by atoms with E-state index in [0.717, 1.165) is 12.0 Å². The van der Waals surface area contributed by atoms with E-state index in [-0.39, 0.29) is 0 Å². The summed E-state index contributed by atoms with van der Waals surface area (Å²) >= 11 is 0. The molecule has 6 unspecified atom stereocenters. The molecule has 3 rings (SSSR count). The molecule has 0 bridgehead atoms. The van der Waals surface area contributed by atoms with Crippen LogP contribution >= 0.6 is 0 Å². The molecule has 6 atom stereocenters. The number of allylic oxidation sites excluding steroid dienone is 4. The first kappa shape index (κ1) is 24.0. The Morgan fingerprint density at radius 1 is 1.07 bits per heavy atom. The molecular weight excluding hydrogens is 368 g/mol. The number of hydrogen-bond donors (Lipinski definition) is 0. The van der Waals surface area contributed by atoms with Gasteiger partial charge in [0.15, 0.2) is 0 Å². The second kappa shape index (κ2) is 10.3. The summed E-state index contributed by atoms with van der Waals surface area (Å²) in [6.07, 6.45) is 15.6. The van der Waals surface area contributed by atoms with Gasteiger partial charge in [0.1, 0.15) is 0 Å². The Hall–Kier alpha value is -0.680. The summed E-state index contributed by atoms with van der Waals surface area (Å²) in [7, 11) is 4.50. The highest BCUT2D eigenvalue weighted by Crippen LogP contribution is 2.36. The van der Waals surface area contributed by atoms with Crippen LogP contribution in [0, 0.1) is 11.8 Å². The molecule has 4 nitrogen and oxygen atoms in total. The van der Waals surface area contributed by atoms with E-state index in [2.05, 4.69) is 93.7 Å². The third kappa shape index (κ3) is 5.03. The van der Waals surface area contributed by atoms with Crippen LogP contribution in [0.25, 0.3) is 0 Å². The first-order valence-corrected chi connectivity index (χ1v) is 12.6. The molecule has 0 saturated carbocycles. The summed E-state index contributed by atoms with van der Waals surface area (Å²) in [6, 6.07) is 2.03. The molecule has 0 radical (unpaired) electrons.